The Kier molecular flexibility index (Phi) is 1.79. The lowest BCUT2D eigenvalue weighted by Crippen LogP contribution is -2.26. The third-order valence-electron chi connectivity index (χ3n) is 3.78. The molecular formula is C11H17N3. The Morgan fingerprint density at radius 1 is 1.43 bits per heavy atom. The quantitative estimate of drug-likeness (QED) is 0.775. The lowest BCUT2D eigenvalue weighted by molar-refractivity contribution is 0.438. The van der Waals surface area contributed by atoms with E-state index in [4.69, 9.17) is 0 Å². The van der Waals surface area contributed by atoms with Crippen molar-refractivity contribution in [1.29, 1.82) is 0 Å². The SMILES string of the molecule is Cn1ccc(NC2CC3CCC2C3)n1. The molecule has 0 amide bonds. The zero-order valence-corrected chi connectivity index (χ0v) is 8.61. The second kappa shape index (κ2) is 3.01. The van der Waals surface area contributed by atoms with E-state index in [9.17, 15) is 0 Å². The van der Waals surface area contributed by atoms with Crippen molar-refractivity contribution >= 4 is 5.82 Å². The minimum atomic E-state index is 0.698. The summed E-state index contributed by atoms with van der Waals surface area (Å²) in [6.07, 6.45) is 7.70. The Balaban J connectivity index is 1.68. The molecule has 2 aliphatic carbocycles. The number of fused-ring (bicyclic) bond motifs is 2. The average molecular weight is 191 g/mol. The average Bonchev–Trinajstić information content (AvgIpc) is 2.82. The first-order valence-electron chi connectivity index (χ1n) is 5.57. The molecule has 3 unspecified atom stereocenters. The third kappa shape index (κ3) is 1.31. The smallest absolute Gasteiger partial charge is 0.148 e. The van der Waals surface area contributed by atoms with Crippen molar-refractivity contribution in [3.05, 3.63) is 12.3 Å². The minimum Gasteiger partial charge on any atom is -0.366 e. The second-order valence-corrected chi connectivity index (χ2v) is 4.80. The number of nitrogens with one attached hydrogen (secondary N) is 1. The third-order valence-corrected chi connectivity index (χ3v) is 3.78. The van der Waals surface area contributed by atoms with E-state index in [-0.39, 0.29) is 0 Å². The van der Waals surface area contributed by atoms with Gasteiger partial charge < -0.3 is 5.32 Å². The molecular weight excluding hydrogens is 174 g/mol. The number of hydrogen-bond donors (Lipinski definition) is 1. The molecule has 3 heteroatoms. The molecule has 2 fully saturated rings. The summed E-state index contributed by atoms with van der Waals surface area (Å²) in [5, 5.41) is 7.92. The van der Waals surface area contributed by atoms with Crippen LogP contribution in [0.25, 0.3) is 0 Å². The topological polar surface area (TPSA) is 29.9 Å². The first-order chi connectivity index (χ1) is 6.81. The summed E-state index contributed by atoms with van der Waals surface area (Å²) in [6.45, 7) is 0. The first-order valence-corrected chi connectivity index (χ1v) is 5.57. The zero-order valence-electron chi connectivity index (χ0n) is 8.61. The fraction of sp³-hybridized carbons (Fsp3) is 0.727. The molecule has 14 heavy (non-hydrogen) atoms. The van der Waals surface area contributed by atoms with Gasteiger partial charge in [-0.05, 0) is 31.1 Å². The van der Waals surface area contributed by atoms with Gasteiger partial charge in [-0.2, -0.15) is 5.10 Å². The molecule has 0 spiro atoms. The van der Waals surface area contributed by atoms with Gasteiger partial charge in [0.1, 0.15) is 5.82 Å². The monoisotopic (exact) mass is 191 g/mol. The van der Waals surface area contributed by atoms with Crippen molar-refractivity contribution in [3.63, 3.8) is 0 Å². The van der Waals surface area contributed by atoms with Gasteiger partial charge in [0.15, 0.2) is 0 Å². The van der Waals surface area contributed by atoms with Crippen LogP contribution in [0.1, 0.15) is 25.7 Å². The number of nitrogens with zero attached hydrogens (tertiary/aromatic N) is 2. The van der Waals surface area contributed by atoms with E-state index >= 15 is 0 Å². The van der Waals surface area contributed by atoms with E-state index in [2.05, 4.69) is 16.5 Å². The summed E-state index contributed by atoms with van der Waals surface area (Å²) < 4.78 is 1.86. The molecule has 0 aromatic carbocycles. The predicted octanol–water partition coefficient (Wildman–Crippen LogP) is 2.02. The molecule has 1 aromatic rings. The van der Waals surface area contributed by atoms with Crippen molar-refractivity contribution in [2.75, 3.05) is 5.32 Å². The van der Waals surface area contributed by atoms with Crippen molar-refractivity contribution < 1.29 is 0 Å². The maximum absolute atomic E-state index is 4.36. The van der Waals surface area contributed by atoms with Crippen LogP contribution in [-0.4, -0.2) is 15.8 Å². The van der Waals surface area contributed by atoms with Crippen LogP contribution < -0.4 is 5.32 Å². The summed E-state index contributed by atoms with van der Waals surface area (Å²) >= 11 is 0. The molecule has 0 radical (unpaired) electrons. The van der Waals surface area contributed by atoms with E-state index in [1.54, 1.807) is 0 Å². The van der Waals surface area contributed by atoms with Gasteiger partial charge in [-0.25, -0.2) is 0 Å². The molecule has 0 aliphatic heterocycles. The van der Waals surface area contributed by atoms with Gasteiger partial charge in [0.2, 0.25) is 0 Å². The molecule has 76 valence electrons. The first kappa shape index (κ1) is 8.33. The van der Waals surface area contributed by atoms with E-state index in [0.29, 0.717) is 6.04 Å². The van der Waals surface area contributed by atoms with Crippen molar-refractivity contribution in [2.24, 2.45) is 18.9 Å². The van der Waals surface area contributed by atoms with Crippen LogP contribution in [-0.2, 0) is 7.05 Å². The zero-order chi connectivity index (χ0) is 9.54. The lowest BCUT2D eigenvalue weighted by Gasteiger charge is -2.22. The van der Waals surface area contributed by atoms with Crippen molar-refractivity contribution in [3.8, 4) is 0 Å². The highest BCUT2D eigenvalue weighted by atomic mass is 15.3. The van der Waals surface area contributed by atoms with Gasteiger partial charge in [0.05, 0.1) is 0 Å². The maximum atomic E-state index is 4.36. The standard InChI is InChI=1S/C11H17N3/c1-14-5-4-11(13-14)12-10-7-8-2-3-9(10)6-8/h4-5,8-10H,2-3,6-7H2,1H3,(H,12,13). The molecule has 3 atom stereocenters. The molecule has 1 heterocycles. The molecule has 3 rings (SSSR count). The summed E-state index contributed by atoms with van der Waals surface area (Å²) in [6, 6.07) is 2.76. The molecule has 1 aromatic heterocycles. The highest BCUT2D eigenvalue weighted by molar-refractivity contribution is 5.34. The highest BCUT2D eigenvalue weighted by Crippen LogP contribution is 2.45. The van der Waals surface area contributed by atoms with Crippen LogP contribution in [0.5, 0.6) is 0 Å². The van der Waals surface area contributed by atoms with Crippen molar-refractivity contribution in [2.45, 2.75) is 31.7 Å². The number of anilines is 1. The fourth-order valence-electron chi connectivity index (χ4n) is 3.10. The molecule has 0 saturated heterocycles. The largest absolute Gasteiger partial charge is 0.366 e. The summed E-state index contributed by atoms with van der Waals surface area (Å²) in [4.78, 5) is 0. The van der Waals surface area contributed by atoms with Crippen LogP contribution in [0.4, 0.5) is 5.82 Å². The summed E-state index contributed by atoms with van der Waals surface area (Å²) in [5.74, 6) is 2.97. The van der Waals surface area contributed by atoms with Gasteiger partial charge >= 0.3 is 0 Å². The minimum absolute atomic E-state index is 0.698. The van der Waals surface area contributed by atoms with E-state index in [1.165, 1.54) is 25.7 Å². The van der Waals surface area contributed by atoms with E-state index in [0.717, 1.165) is 17.7 Å². The van der Waals surface area contributed by atoms with Crippen LogP contribution >= 0.6 is 0 Å². The number of aryl methyl sites for hydroxylation is 1. The Morgan fingerprint density at radius 2 is 2.36 bits per heavy atom. The normalized spacial score (nSPS) is 35.1. The summed E-state index contributed by atoms with van der Waals surface area (Å²) in [7, 11) is 1.96. The van der Waals surface area contributed by atoms with Gasteiger partial charge in [-0.15, -0.1) is 0 Å². The van der Waals surface area contributed by atoms with Gasteiger partial charge in [0, 0.05) is 25.4 Å². The number of aromatic nitrogens is 2. The van der Waals surface area contributed by atoms with E-state index in [1.807, 2.05) is 17.9 Å². The number of hydrogen-bond acceptors (Lipinski definition) is 2. The van der Waals surface area contributed by atoms with Gasteiger partial charge in [0.25, 0.3) is 0 Å². The van der Waals surface area contributed by atoms with Crippen LogP contribution in [0.15, 0.2) is 12.3 Å². The lowest BCUT2D eigenvalue weighted by atomic mass is 9.95. The summed E-state index contributed by atoms with van der Waals surface area (Å²) in [5.41, 5.74) is 0. The maximum Gasteiger partial charge on any atom is 0.148 e. The Morgan fingerprint density at radius 3 is 2.93 bits per heavy atom. The number of rotatable bonds is 2. The Hall–Kier alpha value is -0.990. The van der Waals surface area contributed by atoms with Crippen LogP contribution in [0, 0.1) is 11.8 Å². The van der Waals surface area contributed by atoms with Gasteiger partial charge in [-0.1, -0.05) is 6.42 Å². The molecule has 3 nitrogen and oxygen atoms in total. The highest BCUT2D eigenvalue weighted by Gasteiger charge is 2.39. The second-order valence-electron chi connectivity index (χ2n) is 4.80. The van der Waals surface area contributed by atoms with Crippen LogP contribution in [0.3, 0.4) is 0 Å². The Labute approximate surface area is 84.5 Å². The van der Waals surface area contributed by atoms with Gasteiger partial charge in [-0.3, -0.25) is 4.68 Å². The molecule has 2 saturated carbocycles. The molecule has 2 bridgehead atoms. The molecule has 2 aliphatic rings. The van der Waals surface area contributed by atoms with Crippen LogP contribution in [0.2, 0.25) is 0 Å². The fourth-order valence-corrected chi connectivity index (χ4v) is 3.10. The Bertz CT molecular complexity index is 331. The predicted molar refractivity (Wildman–Crippen MR) is 56.1 cm³/mol. The van der Waals surface area contributed by atoms with E-state index < -0.39 is 0 Å². The van der Waals surface area contributed by atoms with Crippen molar-refractivity contribution in [1.82, 2.24) is 9.78 Å². The molecule has 1 N–H and O–H groups in total.